The average molecular weight is 458 g/mol. The van der Waals surface area contributed by atoms with Crippen LogP contribution in [0.3, 0.4) is 0 Å². The molecule has 0 bridgehead atoms. The summed E-state index contributed by atoms with van der Waals surface area (Å²) in [7, 11) is 1.10. The second kappa shape index (κ2) is 9.90. The smallest absolute Gasteiger partial charge is 0.338 e. The zero-order chi connectivity index (χ0) is 22.5. The van der Waals surface area contributed by atoms with Gasteiger partial charge in [-0.3, -0.25) is 9.63 Å². The molecular formula is C19H20ClNO8S. The van der Waals surface area contributed by atoms with Crippen molar-refractivity contribution in [2.45, 2.75) is 4.90 Å². The summed E-state index contributed by atoms with van der Waals surface area (Å²) in [5.74, 6) is -0.710. The highest BCUT2D eigenvalue weighted by molar-refractivity contribution is 7.89. The molecule has 2 aromatic carbocycles. The van der Waals surface area contributed by atoms with Crippen molar-refractivity contribution < 1.29 is 37.1 Å². The van der Waals surface area contributed by atoms with E-state index < -0.39 is 28.4 Å². The standard InChI is InChI=1S/C19H20ClNO8S/c1-21(28-4)30(24,25)18-9-12(5-7-15(18)20)19(23)29-11-16(22)14-10-13(26-2)6-8-17(14)27-3/h5-10H,11H2,1-4H3. The fourth-order valence-electron chi connectivity index (χ4n) is 2.39. The highest BCUT2D eigenvalue weighted by Gasteiger charge is 2.26. The third kappa shape index (κ3) is 5.08. The van der Waals surface area contributed by atoms with Gasteiger partial charge < -0.3 is 14.2 Å². The normalized spacial score (nSPS) is 11.3. The van der Waals surface area contributed by atoms with Crippen LogP contribution >= 0.6 is 11.6 Å². The molecule has 30 heavy (non-hydrogen) atoms. The zero-order valence-corrected chi connectivity index (χ0v) is 18.2. The minimum Gasteiger partial charge on any atom is -0.497 e. The number of hydrogen-bond donors (Lipinski definition) is 0. The van der Waals surface area contributed by atoms with Crippen LogP contribution < -0.4 is 9.47 Å². The number of carbonyl (C=O) groups excluding carboxylic acids is 2. The topological polar surface area (TPSA) is 108 Å². The minimum atomic E-state index is -4.09. The summed E-state index contributed by atoms with van der Waals surface area (Å²) in [4.78, 5) is 29.2. The summed E-state index contributed by atoms with van der Waals surface area (Å²) < 4.78 is 40.7. The molecule has 0 unspecified atom stereocenters. The van der Waals surface area contributed by atoms with Crippen LogP contribution in [0.2, 0.25) is 5.02 Å². The van der Waals surface area contributed by atoms with Crippen molar-refractivity contribution in [2.24, 2.45) is 0 Å². The summed E-state index contributed by atoms with van der Waals surface area (Å²) in [5, 5.41) is -0.104. The fourth-order valence-corrected chi connectivity index (χ4v) is 3.86. The second-order valence-corrected chi connectivity index (χ2v) is 8.12. The number of carbonyl (C=O) groups is 2. The number of hydroxylamine groups is 1. The molecule has 0 heterocycles. The van der Waals surface area contributed by atoms with Gasteiger partial charge in [0, 0.05) is 7.05 Å². The molecule has 2 aromatic rings. The van der Waals surface area contributed by atoms with Crippen LogP contribution in [-0.4, -0.2) is 59.6 Å². The van der Waals surface area contributed by atoms with Crippen LogP contribution in [0.1, 0.15) is 20.7 Å². The van der Waals surface area contributed by atoms with Crippen molar-refractivity contribution in [3.63, 3.8) is 0 Å². The summed E-state index contributed by atoms with van der Waals surface area (Å²) in [5.41, 5.74) is 0.0682. The first-order valence-corrected chi connectivity index (χ1v) is 10.2. The van der Waals surface area contributed by atoms with E-state index in [2.05, 4.69) is 0 Å². The van der Waals surface area contributed by atoms with E-state index >= 15 is 0 Å². The monoisotopic (exact) mass is 457 g/mol. The zero-order valence-electron chi connectivity index (χ0n) is 16.7. The highest BCUT2D eigenvalue weighted by Crippen LogP contribution is 2.27. The first kappa shape index (κ1) is 23.6. The van der Waals surface area contributed by atoms with E-state index in [4.69, 9.17) is 30.6 Å². The van der Waals surface area contributed by atoms with Crippen LogP contribution in [-0.2, 0) is 19.6 Å². The van der Waals surface area contributed by atoms with Crippen molar-refractivity contribution in [3.05, 3.63) is 52.5 Å². The number of ether oxygens (including phenoxy) is 3. The van der Waals surface area contributed by atoms with E-state index in [1.165, 1.54) is 46.6 Å². The van der Waals surface area contributed by atoms with Crippen LogP contribution in [0.4, 0.5) is 0 Å². The Labute approximate surface area is 179 Å². The number of rotatable bonds is 9. The molecule has 2 rings (SSSR count). The molecule has 0 radical (unpaired) electrons. The lowest BCUT2D eigenvalue weighted by Crippen LogP contribution is -2.26. The molecule has 0 saturated carbocycles. The summed E-state index contributed by atoms with van der Waals surface area (Å²) in [6.07, 6.45) is 0. The lowest BCUT2D eigenvalue weighted by atomic mass is 10.1. The van der Waals surface area contributed by atoms with E-state index in [1.807, 2.05) is 0 Å². The van der Waals surface area contributed by atoms with Gasteiger partial charge in [-0.2, -0.15) is 0 Å². The summed E-state index contributed by atoms with van der Waals surface area (Å²) >= 11 is 5.96. The Kier molecular flexibility index (Phi) is 7.79. The number of nitrogens with zero attached hydrogens (tertiary/aromatic N) is 1. The Hall–Kier alpha value is -2.66. The van der Waals surface area contributed by atoms with Crippen LogP contribution in [0.5, 0.6) is 11.5 Å². The Morgan fingerprint density at radius 3 is 2.33 bits per heavy atom. The van der Waals surface area contributed by atoms with Crippen LogP contribution in [0, 0.1) is 0 Å². The molecule has 0 N–H and O–H groups in total. The molecule has 0 aliphatic carbocycles. The first-order chi connectivity index (χ1) is 14.1. The average Bonchev–Trinajstić information content (AvgIpc) is 2.76. The van der Waals surface area contributed by atoms with Gasteiger partial charge >= 0.3 is 5.97 Å². The number of ketones is 1. The number of benzene rings is 2. The van der Waals surface area contributed by atoms with E-state index in [1.54, 1.807) is 12.1 Å². The van der Waals surface area contributed by atoms with E-state index in [0.717, 1.165) is 6.07 Å². The van der Waals surface area contributed by atoms with Gasteiger partial charge in [-0.15, -0.1) is 0 Å². The molecule has 0 atom stereocenters. The highest BCUT2D eigenvalue weighted by atomic mass is 35.5. The van der Waals surface area contributed by atoms with Crippen molar-refractivity contribution in [1.29, 1.82) is 0 Å². The number of sulfonamides is 1. The predicted molar refractivity (Wildman–Crippen MR) is 108 cm³/mol. The van der Waals surface area contributed by atoms with Gasteiger partial charge in [0.1, 0.15) is 16.4 Å². The Morgan fingerprint density at radius 1 is 1.03 bits per heavy atom. The number of hydrogen-bond acceptors (Lipinski definition) is 8. The van der Waals surface area contributed by atoms with Gasteiger partial charge in [0.25, 0.3) is 10.0 Å². The molecule has 0 saturated heterocycles. The SMILES string of the molecule is COc1ccc(OC)c(C(=O)COC(=O)c2ccc(Cl)c(S(=O)(=O)N(C)OC)c2)c1. The van der Waals surface area contributed by atoms with E-state index in [9.17, 15) is 18.0 Å². The lowest BCUT2D eigenvalue weighted by Gasteiger charge is -2.15. The van der Waals surface area contributed by atoms with Crippen LogP contribution in [0.25, 0.3) is 0 Å². The largest absolute Gasteiger partial charge is 0.497 e. The van der Waals surface area contributed by atoms with Gasteiger partial charge in [-0.05, 0) is 36.4 Å². The van der Waals surface area contributed by atoms with Crippen molar-refractivity contribution in [2.75, 3.05) is 35.0 Å². The van der Waals surface area contributed by atoms with Gasteiger partial charge in [-0.1, -0.05) is 16.1 Å². The van der Waals surface area contributed by atoms with Gasteiger partial charge in [0.2, 0.25) is 5.78 Å². The number of methoxy groups -OCH3 is 2. The Balaban J connectivity index is 2.22. The summed E-state index contributed by atoms with van der Waals surface area (Å²) in [6, 6.07) is 8.20. The van der Waals surface area contributed by atoms with Crippen LogP contribution in [0.15, 0.2) is 41.3 Å². The fraction of sp³-hybridized carbons (Fsp3) is 0.263. The van der Waals surface area contributed by atoms with E-state index in [0.29, 0.717) is 16.0 Å². The van der Waals surface area contributed by atoms with Crippen molar-refractivity contribution in [1.82, 2.24) is 4.47 Å². The second-order valence-electron chi connectivity index (χ2n) is 5.81. The van der Waals surface area contributed by atoms with Gasteiger partial charge in [0.15, 0.2) is 6.61 Å². The molecule has 0 amide bonds. The maximum absolute atomic E-state index is 12.5. The molecule has 0 fully saturated rings. The third-order valence-corrected chi connectivity index (χ3v) is 6.24. The molecule has 11 heteroatoms. The maximum atomic E-state index is 12.5. The molecule has 0 aliphatic rings. The van der Waals surface area contributed by atoms with Gasteiger partial charge in [-0.25, -0.2) is 13.2 Å². The van der Waals surface area contributed by atoms with Gasteiger partial charge in [0.05, 0.1) is 37.5 Å². The van der Waals surface area contributed by atoms with E-state index in [-0.39, 0.29) is 21.0 Å². The molecule has 162 valence electrons. The molecule has 0 aliphatic heterocycles. The third-order valence-electron chi connectivity index (χ3n) is 4.08. The quantitative estimate of drug-likeness (QED) is 0.321. The molecule has 0 aromatic heterocycles. The lowest BCUT2D eigenvalue weighted by molar-refractivity contribution is -0.0258. The Morgan fingerprint density at radius 2 is 1.73 bits per heavy atom. The molecule has 9 nitrogen and oxygen atoms in total. The Bertz CT molecular complexity index is 1050. The first-order valence-electron chi connectivity index (χ1n) is 8.40. The number of Topliss-reactive ketones (excluding diaryl/α,β-unsaturated/α-hetero) is 1. The predicted octanol–water partition coefficient (Wildman–Crippen LogP) is 2.58. The van der Waals surface area contributed by atoms with Crippen molar-refractivity contribution >= 4 is 33.4 Å². The minimum absolute atomic E-state index is 0.104. The number of halogens is 1. The molecular weight excluding hydrogens is 438 g/mol. The van der Waals surface area contributed by atoms with Crippen molar-refractivity contribution in [3.8, 4) is 11.5 Å². The molecule has 0 spiro atoms. The number of esters is 1. The maximum Gasteiger partial charge on any atom is 0.338 e. The summed E-state index contributed by atoms with van der Waals surface area (Å²) in [6.45, 7) is -0.592.